The third kappa shape index (κ3) is 2.04. The number of pyridine rings is 1. The van der Waals surface area contributed by atoms with Crippen molar-refractivity contribution in [3.63, 3.8) is 0 Å². The van der Waals surface area contributed by atoms with Gasteiger partial charge in [0.15, 0.2) is 0 Å². The molecule has 0 aliphatic rings. The average Bonchev–Trinajstić information content (AvgIpc) is 2.68. The Hall–Kier alpha value is -1.88. The molecule has 1 atom stereocenters. The van der Waals surface area contributed by atoms with E-state index in [-0.39, 0.29) is 0 Å². The van der Waals surface area contributed by atoms with Crippen molar-refractivity contribution in [1.82, 2.24) is 14.8 Å². The Bertz CT molecular complexity index is 480. The second-order valence-corrected chi connectivity index (χ2v) is 3.65. The van der Waals surface area contributed by atoms with E-state index in [1.165, 1.54) is 0 Å². The van der Waals surface area contributed by atoms with Crippen LogP contribution in [-0.2, 0) is 13.5 Å². The molecular formula is C11H14N4O. The third-order valence-corrected chi connectivity index (χ3v) is 2.54. The number of nitrogens with two attached hydrogens (primary N) is 1. The number of nitrogens with zero attached hydrogens (tertiary/aromatic N) is 3. The Morgan fingerprint density at radius 3 is 2.88 bits per heavy atom. The molecule has 0 aliphatic heterocycles. The van der Waals surface area contributed by atoms with Crippen molar-refractivity contribution < 1.29 is 5.11 Å². The summed E-state index contributed by atoms with van der Waals surface area (Å²) in [5.74, 6) is 0.462. The van der Waals surface area contributed by atoms with Crippen molar-refractivity contribution in [2.75, 3.05) is 5.73 Å². The van der Waals surface area contributed by atoms with Crippen molar-refractivity contribution >= 4 is 5.82 Å². The first-order chi connectivity index (χ1) is 7.68. The van der Waals surface area contributed by atoms with E-state index in [9.17, 15) is 5.11 Å². The second kappa shape index (κ2) is 4.32. The zero-order chi connectivity index (χ0) is 11.5. The van der Waals surface area contributed by atoms with E-state index in [2.05, 4.69) is 10.1 Å². The number of aliphatic hydroxyl groups excluding tert-OH is 1. The molecule has 5 nitrogen and oxygen atoms in total. The summed E-state index contributed by atoms with van der Waals surface area (Å²) in [5.41, 5.74) is 7.33. The number of nitrogen functional groups attached to an aromatic ring is 1. The summed E-state index contributed by atoms with van der Waals surface area (Å²) in [4.78, 5) is 3.98. The highest BCUT2D eigenvalue weighted by molar-refractivity contribution is 5.39. The van der Waals surface area contributed by atoms with Crippen LogP contribution in [-0.4, -0.2) is 19.9 Å². The fraction of sp³-hybridized carbons (Fsp3) is 0.273. The molecule has 3 N–H and O–H groups in total. The van der Waals surface area contributed by atoms with E-state index >= 15 is 0 Å². The summed E-state index contributed by atoms with van der Waals surface area (Å²) in [6.07, 6.45) is 3.12. The topological polar surface area (TPSA) is 77.0 Å². The van der Waals surface area contributed by atoms with Crippen molar-refractivity contribution in [2.45, 2.75) is 12.5 Å². The first-order valence-corrected chi connectivity index (χ1v) is 5.04. The van der Waals surface area contributed by atoms with Crippen LogP contribution in [0.5, 0.6) is 0 Å². The highest BCUT2D eigenvalue weighted by Crippen LogP contribution is 2.19. The van der Waals surface area contributed by atoms with E-state index in [1.807, 2.05) is 12.1 Å². The zero-order valence-corrected chi connectivity index (χ0v) is 9.04. The van der Waals surface area contributed by atoms with Gasteiger partial charge in [0.25, 0.3) is 0 Å². The Balaban J connectivity index is 2.17. The maximum Gasteiger partial charge on any atom is 0.126 e. The van der Waals surface area contributed by atoms with E-state index in [0.717, 1.165) is 11.3 Å². The number of rotatable bonds is 3. The fourth-order valence-corrected chi connectivity index (χ4v) is 1.65. The number of aromatic nitrogens is 3. The molecular weight excluding hydrogens is 204 g/mol. The molecule has 2 aromatic heterocycles. The quantitative estimate of drug-likeness (QED) is 0.794. The van der Waals surface area contributed by atoms with Crippen molar-refractivity contribution in [3.8, 4) is 0 Å². The number of hydrogen-bond acceptors (Lipinski definition) is 4. The minimum absolute atomic E-state index is 0.444. The van der Waals surface area contributed by atoms with Crippen LogP contribution >= 0.6 is 0 Å². The van der Waals surface area contributed by atoms with Gasteiger partial charge in [0.05, 0.1) is 11.8 Å². The Morgan fingerprint density at radius 1 is 1.44 bits per heavy atom. The highest BCUT2D eigenvalue weighted by Gasteiger charge is 2.13. The van der Waals surface area contributed by atoms with E-state index in [1.54, 1.807) is 30.2 Å². The van der Waals surface area contributed by atoms with Crippen LogP contribution in [0.2, 0.25) is 0 Å². The lowest BCUT2D eigenvalue weighted by Crippen LogP contribution is -2.09. The normalized spacial score (nSPS) is 12.6. The predicted octanol–water partition coefficient (Wildman–Crippen LogP) is 0.673. The monoisotopic (exact) mass is 218 g/mol. The first kappa shape index (κ1) is 10.6. The van der Waals surface area contributed by atoms with Gasteiger partial charge in [-0.05, 0) is 17.7 Å². The second-order valence-electron chi connectivity index (χ2n) is 3.65. The van der Waals surface area contributed by atoms with Crippen LogP contribution in [0.1, 0.15) is 17.4 Å². The summed E-state index contributed by atoms with van der Waals surface area (Å²) in [6, 6.07) is 5.46. The number of hydrogen-bond donors (Lipinski definition) is 2. The number of aliphatic hydroxyl groups is 1. The fourth-order valence-electron chi connectivity index (χ4n) is 1.65. The van der Waals surface area contributed by atoms with Crippen LogP contribution in [0.15, 0.2) is 30.6 Å². The maximum atomic E-state index is 10.0. The van der Waals surface area contributed by atoms with Crippen LogP contribution in [0.3, 0.4) is 0 Å². The molecule has 2 heterocycles. The van der Waals surface area contributed by atoms with Gasteiger partial charge in [0, 0.05) is 25.9 Å². The Morgan fingerprint density at radius 2 is 2.25 bits per heavy atom. The van der Waals surface area contributed by atoms with Crippen molar-refractivity contribution in [1.29, 1.82) is 0 Å². The smallest absolute Gasteiger partial charge is 0.126 e. The Kier molecular flexibility index (Phi) is 2.87. The highest BCUT2D eigenvalue weighted by atomic mass is 16.3. The lowest BCUT2D eigenvalue weighted by Gasteiger charge is -2.11. The summed E-state index contributed by atoms with van der Waals surface area (Å²) in [7, 11) is 1.80. The molecule has 0 saturated heterocycles. The van der Waals surface area contributed by atoms with Gasteiger partial charge in [-0.3, -0.25) is 4.68 Å². The van der Waals surface area contributed by atoms with E-state index < -0.39 is 6.10 Å². The van der Waals surface area contributed by atoms with Crippen LogP contribution in [0, 0.1) is 0 Å². The third-order valence-electron chi connectivity index (χ3n) is 2.54. The molecule has 0 amide bonds. The minimum atomic E-state index is -0.612. The summed E-state index contributed by atoms with van der Waals surface area (Å²) < 4.78 is 1.65. The predicted molar refractivity (Wildman–Crippen MR) is 60.5 cm³/mol. The van der Waals surface area contributed by atoms with Gasteiger partial charge in [-0.25, -0.2) is 4.98 Å². The molecule has 2 aromatic rings. The maximum absolute atomic E-state index is 10.0. The molecule has 0 saturated carbocycles. The van der Waals surface area contributed by atoms with Gasteiger partial charge in [0.1, 0.15) is 5.82 Å². The van der Waals surface area contributed by atoms with Gasteiger partial charge in [0.2, 0.25) is 0 Å². The van der Waals surface area contributed by atoms with Crippen LogP contribution in [0.25, 0.3) is 0 Å². The first-order valence-electron chi connectivity index (χ1n) is 5.04. The molecule has 2 rings (SSSR count). The van der Waals surface area contributed by atoms with Gasteiger partial charge in [-0.1, -0.05) is 6.07 Å². The lowest BCUT2D eigenvalue weighted by molar-refractivity contribution is 0.168. The number of aryl methyl sites for hydroxylation is 1. The molecule has 5 heteroatoms. The SMILES string of the molecule is Cn1nccc1C(O)Cc1cccnc1N. The van der Waals surface area contributed by atoms with Gasteiger partial charge < -0.3 is 10.8 Å². The van der Waals surface area contributed by atoms with Crippen molar-refractivity contribution in [3.05, 3.63) is 41.9 Å². The van der Waals surface area contributed by atoms with E-state index in [0.29, 0.717) is 12.2 Å². The molecule has 0 spiro atoms. The molecule has 0 bridgehead atoms. The summed E-state index contributed by atoms with van der Waals surface area (Å²) in [5, 5.41) is 14.0. The Labute approximate surface area is 93.5 Å². The molecule has 0 aliphatic carbocycles. The summed E-state index contributed by atoms with van der Waals surface area (Å²) in [6.45, 7) is 0. The minimum Gasteiger partial charge on any atom is -0.386 e. The zero-order valence-electron chi connectivity index (χ0n) is 9.04. The van der Waals surface area contributed by atoms with Gasteiger partial charge in [-0.15, -0.1) is 0 Å². The molecule has 0 aromatic carbocycles. The van der Waals surface area contributed by atoms with Gasteiger partial charge >= 0.3 is 0 Å². The molecule has 84 valence electrons. The van der Waals surface area contributed by atoms with Crippen LogP contribution in [0.4, 0.5) is 5.82 Å². The number of anilines is 1. The summed E-state index contributed by atoms with van der Waals surface area (Å²) >= 11 is 0. The molecule has 0 radical (unpaired) electrons. The van der Waals surface area contributed by atoms with Gasteiger partial charge in [-0.2, -0.15) is 5.10 Å². The van der Waals surface area contributed by atoms with Crippen molar-refractivity contribution in [2.24, 2.45) is 7.05 Å². The van der Waals surface area contributed by atoms with Crippen LogP contribution < -0.4 is 5.73 Å². The average molecular weight is 218 g/mol. The largest absolute Gasteiger partial charge is 0.386 e. The standard InChI is InChI=1S/C11H14N4O/c1-15-9(4-6-14-15)10(16)7-8-3-2-5-13-11(8)12/h2-6,10,16H,7H2,1H3,(H2,12,13). The van der Waals surface area contributed by atoms with E-state index in [4.69, 9.17) is 5.73 Å². The molecule has 1 unspecified atom stereocenters. The lowest BCUT2D eigenvalue weighted by atomic mass is 10.1. The molecule has 0 fully saturated rings. The molecule has 16 heavy (non-hydrogen) atoms.